The lowest BCUT2D eigenvalue weighted by Gasteiger charge is -2.27. The number of thiazole rings is 1. The van der Waals surface area contributed by atoms with E-state index in [9.17, 15) is 14.7 Å². The van der Waals surface area contributed by atoms with Crippen LogP contribution >= 0.6 is 23.1 Å². The van der Waals surface area contributed by atoms with Crippen LogP contribution in [0.15, 0.2) is 52.9 Å². The van der Waals surface area contributed by atoms with E-state index in [1.807, 2.05) is 12.1 Å². The molecule has 1 unspecified atom stereocenters. The summed E-state index contributed by atoms with van der Waals surface area (Å²) in [6.45, 7) is 2.44. The fraction of sp³-hybridized carbons (Fsp3) is 0.375. The Morgan fingerprint density at radius 3 is 2.71 bits per heavy atom. The van der Waals surface area contributed by atoms with Gasteiger partial charge < -0.3 is 25.2 Å². The summed E-state index contributed by atoms with van der Waals surface area (Å²) in [5.41, 5.74) is 0.334. The topological polar surface area (TPSA) is 110 Å². The van der Waals surface area contributed by atoms with Crippen molar-refractivity contribution < 1.29 is 24.2 Å². The van der Waals surface area contributed by atoms with Gasteiger partial charge in [0.15, 0.2) is 10.6 Å². The molecule has 34 heavy (non-hydrogen) atoms. The molecule has 1 aliphatic heterocycles. The third-order valence-corrected chi connectivity index (χ3v) is 7.54. The molecule has 8 nitrogen and oxygen atoms in total. The highest BCUT2D eigenvalue weighted by atomic mass is 32.2. The molecule has 1 atom stereocenters. The van der Waals surface area contributed by atoms with Crippen molar-refractivity contribution in [3.63, 3.8) is 0 Å². The first kappa shape index (κ1) is 24.6. The van der Waals surface area contributed by atoms with E-state index in [1.54, 1.807) is 59.5 Å². The minimum Gasteiger partial charge on any atom is -0.393 e. The van der Waals surface area contributed by atoms with Crippen molar-refractivity contribution in [2.75, 3.05) is 30.9 Å². The largest absolute Gasteiger partial charge is 0.393 e. The van der Waals surface area contributed by atoms with E-state index in [4.69, 9.17) is 9.47 Å². The second-order valence-electron chi connectivity index (χ2n) is 8.09. The van der Waals surface area contributed by atoms with Gasteiger partial charge in [-0.05, 0) is 43.7 Å². The molecule has 1 fully saturated rings. The highest BCUT2D eigenvalue weighted by Gasteiger charge is 2.34. The predicted molar refractivity (Wildman–Crippen MR) is 133 cm³/mol. The summed E-state index contributed by atoms with van der Waals surface area (Å²) < 4.78 is 13.0. The number of benzene rings is 2. The summed E-state index contributed by atoms with van der Waals surface area (Å²) in [6, 6.07) is 14.0. The minimum absolute atomic E-state index is 0.138. The summed E-state index contributed by atoms with van der Waals surface area (Å²) in [5.74, 6) is -0.106. The molecule has 2 aromatic carbocycles. The zero-order chi connectivity index (χ0) is 24.0. The number of aliphatic hydroxyl groups is 1. The molecule has 1 aliphatic rings. The second kappa shape index (κ2) is 11.3. The number of aromatic nitrogens is 1. The lowest BCUT2D eigenvalue weighted by atomic mass is 10.0. The van der Waals surface area contributed by atoms with E-state index in [-0.39, 0.29) is 6.29 Å². The van der Waals surface area contributed by atoms with Crippen LogP contribution in [-0.2, 0) is 14.3 Å². The lowest BCUT2D eigenvalue weighted by Crippen LogP contribution is -2.57. The number of carbonyl (C=O) groups is 2. The van der Waals surface area contributed by atoms with Gasteiger partial charge in [-0.1, -0.05) is 30.0 Å². The third-order valence-electron chi connectivity index (χ3n) is 5.34. The van der Waals surface area contributed by atoms with Crippen molar-refractivity contribution in [1.29, 1.82) is 0 Å². The predicted octanol–water partition coefficient (Wildman–Crippen LogP) is 3.66. The van der Waals surface area contributed by atoms with Crippen LogP contribution in [0.1, 0.15) is 30.1 Å². The van der Waals surface area contributed by atoms with E-state index in [2.05, 4.69) is 15.6 Å². The fourth-order valence-electron chi connectivity index (χ4n) is 3.34. The third kappa shape index (κ3) is 6.13. The Balaban J connectivity index is 1.37. The maximum atomic E-state index is 12.9. The maximum absolute atomic E-state index is 12.9. The number of nitrogens with zero attached hydrogens (tertiary/aromatic N) is 1. The van der Waals surface area contributed by atoms with Gasteiger partial charge in [0.2, 0.25) is 0 Å². The molecule has 0 aliphatic carbocycles. The van der Waals surface area contributed by atoms with E-state index in [0.29, 0.717) is 11.3 Å². The van der Waals surface area contributed by atoms with Crippen LogP contribution in [0.2, 0.25) is 0 Å². The first-order chi connectivity index (χ1) is 16.5. The van der Waals surface area contributed by atoms with Crippen molar-refractivity contribution in [2.45, 2.75) is 35.9 Å². The SMILES string of the molecule is CC(CO)(NC(=O)c1ccccc1)C(=O)Nc1ccc2nc(SCCC3OCCCO3)sc2c1. The first-order valence-corrected chi connectivity index (χ1v) is 12.8. The van der Waals surface area contributed by atoms with Crippen LogP contribution in [0.4, 0.5) is 5.69 Å². The molecule has 3 aromatic rings. The van der Waals surface area contributed by atoms with Gasteiger partial charge in [0.1, 0.15) is 5.54 Å². The standard InChI is InChI=1S/C24H27N3O5S2/c1-24(15-28,27-21(29)16-6-3-2-4-7-16)22(30)25-17-8-9-18-19(14-17)34-23(26-18)33-13-10-20-31-11-5-12-32-20/h2-4,6-9,14,20,28H,5,10-13,15H2,1H3,(H,25,30)(H,27,29). The fourth-order valence-corrected chi connectivity index (χ4v) is 5.48. The van der Waals surface area contributed by atoms with Crippen molar-refractivity contribution >= 4 is 50.8 Å². The normalized spacial score (nSPS) is 16.2. The molecule has 2 heterocycles. The molecular weight excluding hydrogens is 474 g/mol. The summed E-state index contributed by atoms with van der Waals surface area (Å²) in [6.07, 6.45) is 1.61. The van der Waals surface area contributed by atoms with Gasteiger partial charge in [-0.3, -0.25) is 9.59 Å². The Hall–Kier alpha value is -2.50. The summed E-state index contributed by atoms with van der Waals surface area (Å²) in [5, 5.41) is 15.3. The molecule has 10 heteroatoms. The monoisotopic (exact) mass is 501 g/mol. The number of hydrogen-bond donors (Lipinski definition) is 3. The smallest absolute Gasteiger partial charge is 0.252 e. The van der Waals surface area contributed by atoms with Crippen molar-refractivity contribution in [3.8, 4) is 0 Å². The molecule has 2 amide bonds. The summed E-state index contributed by atoms with van der Waals surface area (Å²) in [7, 11) is 0. The van der Waals surface area contributed by atoms with Crippen molar-refractivity contribution in [1.82, 2.24) is 10.3 Å². The Labute approximate surface area is 206 Å². The van der Waals surface area contributed by atoms with E-state index in [0.717, 1.165) is 46.4 Å². The maximum Gasteiger partial charge on any atom is 0.252 e. The number of nitrogens with one attached hydrogen (secondary N) is 2. The van der Waals surface area contributed by atoms with E-state index >= 15 is 0 Å². The number of carbonyl (C=O) groups excluding carboxylic acids is 2. The number of anilines is 1. The molecular formula is C24H27N3O5S2. The Kier molecular flexibility index (Phi) is 8.17. The van der Waals surface area contributed by atoms with Crippen LogP contribution in [-0.4, -0.2) is 59.3 Å². The average Bonchev–Trinajstić information content (AvgIpc) is 3.27. The number of thioether (sulfide) groups is 1. The molecule has 1 aromatic heterocycles. The molecule has 180 valence electrons. The zero-order valence-corrected chi connectivity index (χ0v) is 20.4. The molecule has 0 saturated carbocycles. The average molecular weight is 502 g/mol. The molecule has 0 bridgehead atoms. The van der Waals surface area contributed by atoms with Gasteiger partial charge in [0, 0.05) is 23.4 Å². The van der Waals surface area contributed by atoms with Crippen molar-refractivity contribution in [3.05, 3.63) is 54.1 Å². The minimum atomic E-state index is -1.49. The number of aliphatic hydroxyl groups excluding tert-OH is 1. The van der Waals surface area contributed by atoms with Gasteiger partial charge in [-0.2, -0.15) is 0 Å². The van der Waals surface area contributed by atoms with Gasteiger partial charge in [0.05, 0.1) is 30.0 Å². The lowest BCUT2D eigenvalue weighted by molar-refractivity contribution is -0.178. The van der Waals surface area contributed by atoms with Crippen LogP contribution in [0, 0.1) is 0 Å². The molecule has 1 saturated heterocycles. The number of rotatable bonds is 9. The van der Waals surface area contributed by atoms with Crippen LogP contribution < -0.4 is 10.6 Å². The molecule has 0 spiro atoms. The molecule has 4 rings (SSSR count). The highest BCUT2D eigenvalue weighted by molar-refractivity contribution is 8.01. The number of ether oxygens (including phenoxy) is 2. The Morgan fingerprint density at radius 1 is 1.21 bits per heavy atom. The number of hydrogen-bond acceptors (Lipinski definition) is 8. The first-order valence-electron chi connectivity index (χ1n) is 11.0. The van der Waals surface area contributed by atoms with E-state index in [1.165, 1.54) is 6.92 Å². The van der Waals surface area contributed by atoms with Gasteiger partial charge in [-0.25, -0.2) is 4.98 Å². The highest BCUT2D eigenvalue weighted by Crippen LogP contribution is 2.32. The van der Waals surface area contributed by atoms with Crippen molar-refractivity contribution in [2.24, 2.45) is 0 Å². The van der Waals surface area contributed by atoms with Crippen LogP contribution in [0.25, 0.3) is 10.2 Å². The second-order valence-corrected chi connectivity index (χ2v) is 10.5. The number of fused-ring (bicyclic) bond motifs is 1. The zero-order valence-electron chi connectivity index (χ0n) is 18.8. The van der Waals surface area contributed by atoms with Crippen LogP contribution in [0.5, 0.6) is 0 Å². The summed E-state index contributed by atoms with van der Waals surface area (Å²) >= 11 is 3.20. The quantitative estimate of drug-likeness (QED) is 0.384. The van der Waals surface area contributed by atoms with Gasteiger partial charge in [-0.15, -0.1) is 11.3 Å². The Morgan fingerprint density at radius 2 is 1.97 bits per heavy atom. The number of amides is 2. The summed E-state index contributed by atoms with van der Waals surface area (Å²) in [4.78, 5) is 30.1. The molecule has 3 N–H and O–H groups in total. The van der Waals surface area contributed by atoms with Crippen LogP contribution in [0.3, 0.4) is 0 Å². The van der Waals surface area contributed by atoms with E-state index < -0.39 is 24.0 Å². The van der Waals surface area contributed by atoms with Gasteiger partial charge in [0.25, 0.3) is 11.8 Å². The van der Waals surface area contributed by atoms with Gasteiger partial charge >= 0.3 is 0 Å². The Bertz CT molecular complexity index is 1130. The molecule has 0 radical (unpaired) electrons.